The number of nitrogens with zero attached hydrogens (tertiary/aromatic N) is 3. The van der Waals surface area contributed by atoms with E-state index < -0.39 is 0 Å². The van der Waals surface area contributed by atoms with E-state index in [-0.39, 0.29) is 6.61 Å². The Labute approximate surface area is 113 Å². The van der Waals surface area contributed by atoms with Crippen molar-refractivity contribution < 1.29 is 5.11 Å². The van der Waals surface area contributed by atoms with Crippen molar-refractivity contribution in [3.05, 3.63) is 10.6 Å². The molecule has 0 aromatic carbocycles. The number of thiazole rings is 1. The number of anilines is 1. The number of likely N-dealkylation sites (N-methyl/N-ethyl adjacent to an activating group) is 2. The molecule has 2 rings (SSSR count). The van der Waals surface area contributed by atoms with Crippen LogP contribution in [0.3, 0.4) is 0 Å². The van der Waals surface area contributed by atoms with Crippen molar-refractivity contribution in [1.29, 1.82) is 0 Å². The molecule has 1 aliphatic rings. The van der Waals surface area contributed by atoms with Gasteiger partial charge in [0, 0.05) is 19.6 Å². The van der Waals surface area contributed by atoms with E-state index in [2.05, 4.69) is 35.8 Å². The van der Waals surface area contributed by atoms with Crippen molar-refractivity contribution in [2.45, 2.75) is 38.8 Å². The Balaban J connectivity index is 2.12. The van der Waals surface area contributed by atoms with Gasteiger partial charge < -0.3 is 14.9 Å². The standard InChI is InChI=1S/C13H23N3OS/c1-4-11-12(9-17)18-13(14-11)16(3)10-6-5-7-15(2)8-10/h10,17H,4-9H2,1-3H3. The van der Waals surface area contributed by atoms with Gasteiger partial charge in [0.25, 0.3) is 0 Å². The first-order chi connectivity index (χ1) is 8.65. The molecule has 1 N–H and O–H groups in total. The molecule has 0 amide bonds. The minimum Gasteiger partial charge on any atom is -0.391 e. The lowest BCUT2D eigenvalue weighted by atomic mass is 10.1. The Morgan fingerprint density at radius 3 is 2.89 bits per heavy atom. The molecule has 0 radical (unpaired) electrons. The van der Waals surface area contributed by atoms with Gasteiger partial charge in [-0.2, -0.15) is 0 Å². The van der Waals surface area contributed by atoms with Crippen LogP contribution in [0.2, 0.25) is 0 Å². The van der Waals surface area contributed by atoms with E-state index in [1.165, 1.54) is 19.4 Å². The molecule has 1 aliphatic heterocycles. The molecule has 4 nitrogen and oxygen atoms in total. The largest absolute Gasteiger partial charge is 0.391 e. The number of piperidine rings is 1. The molecule has 1 saturated heterocycles. The zero-order valence-electron chi connectivity index (χ0n) is 11.5. The quantitative estimate of drug-likeness (QED) is 0.903. The first-order valence-electron chi connectivity index (χ1n) is 6.66. The Hall–Kier alpha value is -0.650. The van der Waals surface area contributed by atoms with Gasteiger partial charge in [-0.15, -0.1) is 0 Å². The molecule has 0 saturated carbocycles. The molecule has 1 fully saturated rings. The number of hydrogen-bond acceptors (Lipinski definition) is 5. The number of likely N-dealkylation sites (tertiary alicyclic amines) is 1. The third-order valence-corrected chi connectivity index (χ3v) is 4.87. The van der Waals surface area contributed by atoms with Crippen molar-refractivity contribution in [1.82, 2.24) is 9.88 Å². The summed E-state index contributed by atoms with van der Waals surface area (Å²) in [6, 6.07) is 0.547. The Bertz CT molecular complexity index is 372. The molecule has 102 valence electrons. The van der Waals surface area contributed by atoms with Gasteiger partial charge in [-0.1, -0.05) is 18.3 Å². The zero-order chi connectivity index (χ0) is 13.1. The molecular formula is C13H23N3OS. The first-order valence-corrected chi connectivity index (χ1v) is 7.48. The maximum absolute atomic E-state index is 9.34. The van der Waals surface area contributed by atoms with Crippen LogP contribution in [0.5, 0.6) is 0 Å². The summed E-state index contributed by atoms with van der Waals surface area (Å²) in [5.74, 6) is 0. The lowest BCUT2D eigenvalue weighted by Gasteiger charge is -2.35. The number of hydrogen-bond donors (Lipinski definition) is 1. The summed E-state index contributed by atoms with van der Waals surface area (Å²) in [7, 11) is 4.31. The van der Waals surface area contributed by atoms with Crippen LogP contribution in [-0.2, 0) is 13.0 Å². The molecule has 1 aromatic rings. The van der Waals surface area contributed by atoms with E-state index in [0.29, 0.717) is 6.04 Å². The van der Waals surface area contributed by atoms with Gasteiger partial charge >= 0.3 is 0 Å². The van der Waals surface area contributed by atoms with Gasteiger partial charge in [0.1, 0.15) is 0 Å². The van der Waals surface area contributed by atoms with Gasteiger partial charge in [-0.3, -0.25) is 0 Å². The topological polar surface area (TPSA) is 39.6 Å². The summed E-state index contributed by atoms with van der Waals surface area (Å²) in [5, 5.41) is 10.4. The predicted octanol–water partition coefficient (Wildman–Crippen LogP) is 1.73. The van der Waals surface area contributed by atoms with Gasteiger partial charge in [0.15, 0.2) is 5.13 Å². The van der Waals surface area contributed by atoms with Crippen LogP contribution in [0.25, 0.3) is 0 Å². The number of aliphatic hydroxyl groups is 1. The van der Waals surface area contributed by atoms with E-state index >= 15 is 0 Å². The Kier molecular flexibility index (Phi) is 4.59. The van der Waals surface area contributed by atoms with Crippen LogP contribution in [0.1, 0.15) is 30.3 Å². The van der Waals surface area contributed by atoms with E-state index in [0.717, 1.165) is 28.7 Å². The molecule has 18 heavy (non-hydrogen) atoms. The minimum absolute atomic E-state index is 0.110. The van der Waals surface area contributed by atoms with Gasteiger partial charge in [-0.05, 0) is 32.9 Å². The van der Waals surface area contributed by atoms with Crippen LogP contribution >= 0.6 is 11.3 Å². The summed E-state index contributed by atoms with van der Waals surface area (Å²) >= 11 is 1.63. The van der Waals surface area contributed by atoms with Crippen LogP contribution in [0.15, 0.2) is 0 Å². The summed E-state index contributed by atoms with van der Waals surface area (Å²) in [4.78, 5) is 10.4. The molecular weight excluding hydrogens is 246 g/mol. The van der Waals surface area contributed by atoms with E-state index in [1.54, 1.807) is 11.3 Å². The predicted molar refractivity (Wildman–Crippen MR) is 76.3 cm³/mol. The van der Waals surface area contributed by atoms with Crippen LogP contribution in [0, 0.1) is 0 Å². The summed E-state index contributed by atoms with van der Waals surface area (Å²) in [6.07, 6.45) is 3.38. The number of aromatic nitrogens is 1. The van der Waals surface area contributed by atoms with Crippen molar-refractivity contribution in [2.24, 2.45) is 0 Å². The van der Waals surface area contributed by atoms with Crippen LogP contribution in [-0.4, -0.2) is 48.2 Å². The average Bonchev–Trinajstić information content (AvgIpc) is 2.81. The lowest BCUT2D eigenvalue weighted by Crippen LogP contribution is -2.45. The maximum Gasteiger partial charge on any atom is 0.185 e. The maximum atomic E-state index is 9.34. The highest BCUT2D eigenvalue weighted by atomic mass is 32.1. The Morgan fingerprint density at radius 2 is 2.33 bits per heavy atom. The smallest absolute Gasteiger partial charge is 0.185 e. The fourth-order valence-corrected chi connectivity index (χ4v) is 3.57. The zero-order valence-corrected chi connectivity index (χ0v) is 12.3. The summed E-state index contributed by atoms with van der Waals surface area (Å²) < 4.78 is 0. The van der Waals surface area contributed by atoms with Crippen molar-refractivity contribution in [3.8, 4) is 0 Å². The third-order valence-electron chi connectivity index (χ3n) is 3.69. The van der Waals surface area contributed by atoms with E-state index in [9.17, 15) is 5.11 Å². The number of rotatable bonds is 4. The average molecular weight is 269 g/mol. The van der Waals surface area contributed by atoms with Crippen molar-refractivity contribution >= 4 is 16.5 Å². The highest BCUT2D eigenvalue weighted by Gasteiger charge is 2.23. The van der Waals surface area contributed by atoms with Crippen molar-refractivity contribution in [2.75, 3.05) is 32.1 Å². The van der Waals surface area contributed by atoms with E-state index in [1.807, 2.05) is 0 Å². The molecule has 0 aliphatic carbocycles. The molecule has 5 heteroatoms. The summed E-state index contributed by atoms with van der Waals surface area (Å²) in [5.41, 5.74) is 1.05. The van der Waals surface area contributed by atoms with Gasteiger partial charge in [-0.25, -0.2) is 4.98 Å². The van der Waals surface area contributed by atoms with Gasteiger partial charge in [0.2, 0.25) is 0 Å². The number of aryl methyl sites for hydroxylation is 1. The van der Waals surface area contributed by atoms with Crippen LogP contribution in [0.4, 0.5) is 5.13 Å². The Morgan fingerprint density at radius 1 is 1.56 bits per heavy atom. The van der Waals surface area contributed by atoms with Crippen LogP contribution < -0.4 is 4.90 Å². The van der Waals surface area contributed by atoms with Crippen molar-refractivity contribution in [3.63, 3.8) is 0 Å². The number of aliphatic hydroxyl groups excluding tert-OH is 1. The third kappa shape index (κ3) is 2.84. The molecule has 2 heterocycles. The normalized spacial score (nSPS) is 21.2. The summed E-state index contributed by atoms with van der Waals surface area (Å²) in [6.45, 7) is 4.50. The highest BCUT2D eigenvalue weighted by molar-refractivity contribution is 7.15. The fourth-order valence-electron chi connectivity index (χ4n) is 2.53. The second kappa shape index (κ2) is 5.99. The SMILES string of the molecule is CCc1nc(N(C)C2CCCN(C)C2)sc1CO. The molecule has 0 spiro atoms. The molecule has 1 unspecified atom stereocenters. The first kappa shape index (κ1) is 13.8. The second-order valence-corrected chi connectivity index (χ2v) is 6.11. The van der Waals surface area contributed by atoms with Gasteiger partial charge in [0.05, 0.1) is 17.2 Å². The molecule has 1 atom stereocenters. The highest BCUT2D eigenvalue weighted by Crippen LogP contribution is 2.29. The minimum atomic E-state index is 0.110. The second-order valence-electron chi connectivity index (χ2n) is 5.05. The molecule has 0 bridgehead atoms. The monoisotopic (exact) mass is 269 g/mol. The lowest BCUT2D eigenvalue weighted by molar-refractivity contribution is 0.248. The molecule has 1 aromatic heterocycles. The van der Waals surface area contributed by atoms with E-state index in [4.69, 9.17) is 0 Å². The fraction of sp³-hybridized carbons (Fsp3) is 0.769.